The number of likely N-dealkylation sites (N-methyl/N-ethyl adjacent to an activating group) is 1. The molecule has 1 aliphatic heterocycles. The van der Waals surface area contributed by atoms with E-state index in [2.05, 4.69) is 43.4 Å². The molecule has 2 atom stereocenters. The fraction of sp³-hybridized carbons (Fsp3) is 0.625. The Kier molecular flexibility index (Phi) is 5.06. The molecule has 0 saturated carbocycles. The number of unbranched alkanes of at least 4 members (excludes halogenated alkanes) is 2. The van der Waals surface area contributed by atoms with E-state index < -0.39 is 0 Å². The second kappa shape index (κ2) is 6.79. The summed E-state index contributed by atoms with van der Waals surface area (Å²) in [7, 11) is 0. The van der Waals surface area contributed by atoms with Crippen molar-refractivity contribution in [1.29, 1.82) is 0 Å². The minimum Gasteiger partial charge on any atom is -0.488 e. The Morgan fingerprint density at radius 1 is 1.28 bits per heavy atom. The minimum atomic E-state index is 0.319. The van der Waals surface area contributed by atoms with Crippen LogP contribution < -0.4 is 10.1 Å². The zero-order valence-electron chi connectivity index (χ0n) is 11.6. The van der Waals surface area contributed by atoms with Gasteiger partial charge in [-0.05, 0) is 24.6 Å². The van der Waals surface area contributed by atoms with E-state index in [1.807, 2.05) is 0 Å². The van der Waals surface area contributed by atoms with Gasteiger partial charge in [-0.2, -0.15) is 0 Å². The maximum atomic E-state index is 6.09. The maximum Gasteiger partial charge on any atom is 0.123 e. The number of para-hydroxylation sites is 1. The van der Waals surface area contributed by atoms with E-state index in [-0.39, 0.29) is 0 Å². The van der Waals surface area contributed by atoms with Gasteiger partial charge in [-0.15, -0.1) is 0 Å². The first-order chi connectivity index (χ1) is 8.85. The quantitative estimate of drug-likeness (QED) is 0.744. The topological polar surface area (TPSA) is 21.3 Å². The van der Waals surface area contributed by atoms with Crippen LogP contribution in [0.5, 0.6) is 5.75 Å². The molecule has 2 nitrogen and oxygen atoms in total. The number of nitrogens with one attached hydrogen (secondary N) is 1. The van der Waals surface area contributed by atoms with Gasteiger partial charge in [-0.1, -0.05) is 51.3 Å². The van der Waals surface area contributed by atoms with Crippen LogP contribution in [0.15, 0.2) is 24.3 Å². The first kappa shape index (κ1) is 13.4. The van der Waals surface area contributed by atoms with Gasteiger partial charge in [0.1, 0.15) is 11.9 Å². The monoisotopic (exact) mass is 247 g/mol. The Morgan fingerprint density at radius 3 is 2.83 bits per heavy atom. The van der Waals surface area contributed by atoms with Crippen molar-refractivity contribution in [2.45, 2.75) is 58.1 Å². The number of rotatable bonds is 7. The summed E-state index contributed by atoms with van der Waals surface area (Å²) < 4.78 is 6.09. The number of hydrogen-bond donors (Lipinski definition) is 1. The zero-order chi connectivity index (χ0) is 12.8. The molecule has 0 radical (unpaired) electrons. The van der Waals surface area contributed by atoms with E-state index in [9.17, 15) is 0 Å². The number of ether oxygens (including phenoxy) is 1. The molecule has 2 unspecified atom stereocenters. The van der Waals surface area contributed by atoms with Crippen LogP contribution in [0.4, 0.5) is 0 Å². The van der Waals surface area contributed by atoms with E-state index in [1.165, 1.54) is 31.2 Å². The summed E-state index contributed by atoms with van der Waals surface area (Å²) in [5, 5.41) is 3.59. The summed E-state index contributed by atoms with van der Waals surface area (Å²) in [5.74, 6) is 1.08. The lowest BCUT2D eigenvalue weighted by Gasteiger charge is -2.24. The number of hydrogen-bond acceptors (Lipinski definition) is 2. The lowest BCUT2D eigenvalue weighted by molar-refractivity contribution is 0.171. The van der Waals surface area contributed by atoms with Crippen LogP contribution >= 0.6 is 0 Å². The Balaban J connectivity index is 1.92. The fourth-order valence-electron chi connectivity index (χ4n) is 2.73. The highest BCUT2D eigenvalue weighted by atomic mass is 16.5. The molecule has 0 saturated heterocycles. The second-order valence-corrected chi connectivity index (χ2v) is 5.13. The van der Waals surface area contributed by atoms with Crippen LogP contribution in [0.1, 0.15) is 45.1 Å². The smallest absolute Gasteiger partial charge is 0.123 e. The van der Waals surface area contributed by atoms with Gasteiger partial charge in [0.05, 0.1) is 0 Å². The minimum absolute atomic E-state index is 0.319. The molecular formula is C16H25NO. The Hall–Kier alpha value is -1.02. The van der Waals surface area contributed by atoms with Crippen LogP contribution in [0, 0.1) is 0 Å². The van der Waals surface area contributed by atoms with Crippen molar-refractivity contribution in [3.05, 3.63) is 29.8 Å². The third-order valence-corrected chi connectivity index (χ3v) is 3.71. The normalized spacial score (nSPS) is 19.3. The van der Waals surface area contributed by atoms with Gasteiger partial charge < -0.3 is 10.1 Å². The lowest BCUT2D eigenvalue weighted by atomic mass is 9.99. The van der Waals surface area contributed by atoms with Gasteiger partial charge in [-0.3, -0.25) is 0 Å². The Bertz CT molecular complexity index is 339. The molecule has 18 heavy (non-hydrogen) atoms. The van der Waals surface area contributed by atoms with Gasteiger partial charge in [0.15, 0.2) is 0 Å². The molecule has 0 fully saturated rings. The van der Waals surface area contributed by atoms with Crippen molar-refractivity contribution in [1.82, 2.24) is 5.32 Å². The average Bonchev–Trinajstić information content (AvgIpc) is 2.81. The molecule has 2 rings (SSSR count). The Labute approximate surface area is 111 Å². The van der Waals surface area contributed by atoms with E-state index in [4.69, 9.17) is 4.74 Å². The van der Waals surface area contributed by atoms with Crippen LogP contribution in [-0.2, 0) is 6.42 Å². The molecule has 1 heterocycles. The third-order valence-electron chi connectivity index (χ3n) is 3.71. The first-order valence-electron chi connectivity index (χ1n) is 7.33. The zero-order valence-corrected chi connectivity index (χ0v) is 11.6. The molecule has 1 aromatic carbocycles. The predicted octanol–water partition coefficient (Wildman–Crippen LogP) is 3.55. The van der Waals surface area contributed by atoms with Crippen molar-refractivity contribution in [2.24, 2.45) is 0 Å². The summed E-state index contributed by atoms with van der Waals surface area (Å²) in [5.41, 5.74) is 1.36. The molecule has 1 aliphatic rings. The predicted molar refractivity (Wildman–Crippen MR) is 76.2 cm³/mol. The summed E-state index contributed by atoms with van der Waals surface area (Å²) in [6.45, 7) is 5.45. The van der Waals surface area contributed by atoms with Crippen LogP contribution in [0.25, 0.3) is 0 Å². The molecule has 1 N–H and O–H groups in total. The molecule has 2 heteroatoms. The van der Waals surface area contributed by atoms with E-state index >= 15 is 0 Å². The summed E-state index contributed by atoms with van der Waals surface area (Å²) in [4.78, 5) is 0. The SMILES string of the molecule is CCCCCC(NCC)C1Cc2ccccc2O1. The molecule has 0 aliphatic carbocycles. The summed E-state index contributed by atoms with van der Waals surface area (Å²) in [6, 6.07) is 8.92. The van der Waals surface area contributed by atoms with Gasteiger partial charge in [0, 0.05) is 12.5 Å². The van der Waals surface area contributed by atoms with Crippen molar-refractivity contribution in [3.8, 4) is 5.75 Å². The molecule has 1 aromatic rings. The molecule has 0 amide bonds. The Morgan fingerprint density at radius 2 is 2.11 bits per heavy atom. The lowest BCUT2D eigenvalue weighted by Crippen LogP contribution is -2.42. The maximum absolute atomic E-state index is 6.09. The van der Waals surface area contributed by atoms with Crippen molar-refractivity contribution < 1.29 is 4.74 Å². The molecule has 0 bridgehead atoms. The van der Waals surface area contributed by atoms with Crippen molar-refractivity contribution in [3.63, 3.8) is 0 Å². The third kappa shape index (κ3) is 3.26. The van der Waals surface area contributed by atoms with Crippen molar-refractivity contribution >= 4 is 0 Å². The number of benzene rings is 1. The largest absolute Gasteiger partial charge is 0.488 e. The van der Waals surface area contributed by atoms with Crippen LogP contribution in [-0.4, -0.2) is 18.7 Å². The number of fused-ring (bicyclic) bond motifs is 1. The average molecular weight is 247 g/mol. The van der Waals surface area contributed by atoms with Gasteiger partial charge in [0.25, 0.3) is 0 Å². The van der Waals surface area contributed by atoms with E-state index in [0.717, 1.165) is 18.7 Å². The second-order valence-electron chi connectivity index (χ2n) is 5.13. The highest BCUT2D eigenvalue weighted by Crippen LogP contribution is 2.30. The summed E-state index contributed by atoms with van der Waals surface area (Å²) in [6.07, 6.45) is 6.50. The fourth-order valence-corrected chi connectivity index (χ4v) is 2.73. The van der Waals surface area contributed by atoms with Crippen molar-refractivity contribution in [2.75, 3.05) is 6.54 Å². The van der Waals surface area contributed by atoms with Crippen LogP contribution in [0.3, 0.4) is 0 Å². The molecule has 0 spiro atoms. The van der Waals surface area contributed by atoms with Gasteiger partial charge in [0.2, 0.25) is 0 Å². The molecule has 100 valence electrons. The van der Waals surface area contributed by atoms with Crippen LogP contribution in [0.2, 0.25) is 0 Å². The van der Waals surface area contributed by atoms with Gasteiger partial charge >= 0.3 is 0 Å². The first-order valence-corrected chi connectivity index (χ1v) is 7.33. The van der Waals surface area contributed by atoms with Gasteiger partial charge in [-0.25, -0.2) is 0 Å². The highest BCUT2D eigenvalue weighted by molar-refractivity contribution is 5.37. The molecule has 0 aromatic heterocycles. The standard InChI is InChI=1S/C16H25NO/c1-3-5-6-10-14(17-4-2)16-12-13-9-7-8-11-15(13)18-16/h7-9,11,14,16-17H,3-6,10,12H2,1-2H3. The summed E-state index contributed by atoms with van der Waals surface area (Å²) >= 11 is 0. The van der Waals surface area contributed by atoms with E-state index in [1.54, 1.807) is 0 Å². The highest BCUT2D eigenvalue weighted by Gasteiger charge is 2.29. The molecular weight excluding hydrogens is 222 g/mol. The van der Waals surface area contributed by atoms with E-state index in [0.29, 0.717) is 12.1 Å².